The summed E-state index contributed by atoms with van der Waals surface area (Å²) >= 11 is 0. The van der Waals surface area contributed by atoms with Gasteiger partial charge < -0.3 is 9.94 Å². The second kappa shape index (κ2) is 4.76. The summed E-state index contributed by atoms with van der Waals surface area (Å²) in [4.78, 5) is 20.7. The molecule has 1 aromatic heterocycles. The molecule has 3 rings (SSSR count). The summed E-state index contributed by atoms with van der Waals surface area (Å²) in [7, 11) is 0. The topological polar surface area (TPSA) is 64.3 Å². The summed E-state index contributed by atoms with van der Waals surface area (Å²) in [6.45, 7) is -0.358. The van der Waals surface area contributed by atoms with Gasteiger partial charge in [0.15, 0.2) is 5.82 Å². The van der Waals surface area contributed by atoms with Crippen LogP contribution < -0.4 is 4.84 Å². The van der Waals surface area contributed by atoms with Gasteiger partial charge in [-0.25, -0.2) is 9.78 Å². The number of benzene rings is 1. The van der Waals surface area contributed by atoms with Crippen LogP contribution in [0.5, 0.6) is 0 Å². The van der Waals surface area contributed by atoms with Gasteiger partial charge in [-0.05, 0) is 19.3 Å². The number of carbonyl (C=O) groups is 1. The standard InChI is InChI=1S/C14H14N2O3/c17-13(18)9-19-16-12-8-4-7-11(12)15-14(16)10-5-2-1-3-6-10/h1-3,5-6H,4,7-9H2,(H,17,18). The zero-order chi connectivity index (χ0) is 13.2. The van der Waals surface area contributed by atoms with Crippen LogP contribution in [-0.4, -0.2) is 27.4 Å². The number of hydrogen-bond donors (Lipinski definition) is 1. The van der Waals surface area contributed by atoms with Crippen molar-refractivity contribution in [3.8, 4) is 11.4 Å². The van der Waals surface area contributed by atoms with Crippen molar-refractivity contribution in [1.29, 1.82) is 0 Å². The molecular formula is C14H14N2O3. The van der Waals surface area contributed by atoms with Gasteiger partial charge in [0.25, 0.3) is 0 Å². The number of fused-ring (bicyclic) bond motifs is 1. The van der Waals surface area contributed by atoms with E-state index in [1.807, 2.05) is 30.3 Å². The van der Waals surface area contributed by atoms with Crippen molar-refractivity contribution in [2.24, 2.45) is 0 Å². The van der Waals surface area contributed by atoms with Crippen molar-refractivity contribution < 1.29 is 14.7 Å². The lowest BCUT2D eigenvalue weighted by Crippen LogP contribution is -2.21. The molecule has 98 valence electrons. The zero-order valence-electron chi connectivity index (χ0n) is 10.4. The Bertz CT molecular complexity index is 605. The maximum atomic E-state index is 10.7. The fourth-order valence-corrected chi connectivity index (χ4v) is 2.38. The molecule has 0 saturated heterocycles. The SMILES string of the molecule is O=C(O)COn1c(-c2ccccc2)nc2c1CCC2. The molecule has 1 aliphatic rings. The third-order valence-electron chi connectivity index (χ3n) is 3.19. The van der Waals surface area contributed by atoms with Gasteiger partial charge in [0.05, 0.1) is 11.4 Å². The summed E-state index contributed by atoms with van der Waals surface area (Å²) in [6, 6.07) is 9.67. The van der Waals surface area contributed by atoms with Crippen molar-refractivity contribution in [3.05, 3.63) is 41.7 Å². The molecule has 1 aliphatic carbocycles. The summed E-state index contributed by atoms with van der Waals surface area (Å²) in [5.41, 5.74) is 2.95. The van der Waals surface area contributed by atoms with Crippen LogP contribution in [0.25, 0.3) is 11.4 Å². The highest BCUT2D eigenvalue weighted by molar-refractivity contribution is 5.68. The average Bonchev–Trinajstić information content (AvgIpc) is 2.98. The van der Waals surface area contributed by atoms with E-state index in [9.17, 15) is 4.79 Å². The number of rotatable bonds is 4. The summed E-state index contributed by atoms with van der Waals surface area (Å²) in [6.07, 6.45) is 2.86. The lowest BCUT2D eigenvalue weighted by Gasteiger charge is -2.10. The van der Waals surface area contributed by atoms with E-state index in [0.717, 1.165) is 36.2 Å². The van der Waals surface area contributed by atoms with E-state index in [0.29, 0.717) is 5.82 Å². The normalized spacial score (nSPS) is 13.3. The third kappa shape index (κ3) is 2.19. The Morgan fingerprint density at radius 2 is 2.11 bits per heavy atom. The molecule has 5 heteroatoms. The summed E-state index contributed by atoms with van der Waals surface area (Å²) in [5.74, 6) is -0.300. The highest BCUT2D eigenvalue weighted by Gasteiger charge is 2.23. The second-order valence-corrected chi connectivity index (χ2v) is 4.51. The number of aromatic nitrogens is 2. The van der Waals surface area contributed by atoms with E-state index in [2.05, 4.69) is 4.98 Å². The van der Waals surface area contributed by atoms with Crippen LogP contribution in [0.4, 0.5) is 0 Å². The molecule has 0 aliphatic heterocycles. The highest BCUT2D eigenvalue weighted by Crippen LogP contribution is 2.27. The predicted octanol–water partition coefficient (Wildman–Crippen LogP) is 1.55. The van der Waals surface area contributed by atoms with Gasteiger partial charge in [-0.15, -0.1) is 0 Å². The largest absolute Gasteiger partial charge is 0.479 e. The minimum absolute atomic E-state index is 0.358. The molecule has 1 heterocycles. The van der Waals surface area contributed by atoms with Gasteiger partial charge in [0, 0.05) is 5.56 Å². The van der Waals surface area contributed by atoms with Gasteiger partial charge in [-0.3, -0.25) is 0 Å². The first kappa shape index (κ1) is 11.8. The van der Waals surface area contributed by atoms with Gasteiger partial charge in [0.2, 0.25) is 6.61 Å². The van der Waals surface area contributed by atoms with Crippen molar-refractivity contribution in [3.63, 3.8) is 0 Å². The Kier molecular flexibility index (Phi) is 2.95. The molecule has 5 nitrogen and oxygen atoms in total. The number of hydrogen-bond acceptors (Lipinski definition) is 3. The first-order chi connectivity index (χ1) is 9.25. The van der Waals surface area contributed by atoms with Crippen LogP contribution in [0.2, 0.25) is 0 Å². The Morgan fingerprint density at radius 3 is 2.84 bits per heavy atom. The number of nitrogens with zero attached hydrogens (tertiary/aromatic N) is 2. The second-order valence-electron chi connectivity index (χ2n) is 4.51. The minimum atomic E-state index is -0.987. The number of aliphatic carboxylic acids is 1. The molecule has 0 bridgehead atoms. The lowest BCUT2D eigenvalue weighted by molar-refractivity contribution is -0.142. The molecule has 0 atom stereocenters. The molecule has 1 N–H and O–H groups in total. The molecule has 1 aromatic carbocycles. The average molecular weight is 258 g/mol. The third-order valence-corrected chi connectivity index (χ3v) is 3.19. The lowest BCUT2D eigenvalue weighted by atomic mass is 10.2. The fraction of sp³-hybridized carbons (Fsp3) is 0.286. The monoisotopic (exact) mass is 258 g/mol. The molecule has 19 heavy (non-hydrogen) atoms. The van der Waals surface area contributed by atoms with Crippen LogP contribution in [0, 0.1) is 0 Å². The van der Waals surface area contributed by atoms with E-state index < -0.39 is 5.97 Å². The Morgan fingerprint density at radius 1 is 1.32 bits per heavy atom. The number of imidazole rings is 1. The predicted molar refractivity (Wildman–Crippen MR) is 68.8 cm³/mol. The molecule has 0 spiro atoms. The maximum absolute atomic E-state index is 10.7. The number of carboxylic acids is 1. The maximum Gasteiger partial charge on any atom is 0.344 e. The van der Waals surface area contributed by atoms with Gasteiger partial charge in [-0.1, -0.05) is 30.3 Å². The minimum Gasteiger partial charge on any atom is -0.479 e. The Hall–Kier alpha value is -2.30. The molecular weight excluding hydrogens is 244 g/mol. The Balaban J connectivity index is 2.02. The van der Waals surface area contributed by atoms with Crippen LogP contribution in [0.15, 0.2) is 30.3 Å². The molecule has 2 aromatic rings. The fourth-order valence-electron chi connectivity index (χ4n) is 2.38. The summed E-state index contributed by atoms with van der Waals surface area (Å²) in [5, 5.41) is 8.76. The van der Waals surface area contributed by atoms with E-state index in [1.54, 1.807) is 4.73 Å². The van der Waals surface area contributed by atoms with E-state index in [4.69, 9.17) is 9.94 Å². The van der Waals surface area contributed by atoms with Crippen molar-refractivity contribution in [2.45, 2.75) is 19.3 Å². The van der Waals surface area contributed by atoms with Crippen molar-refractivity contribution >= 4 is 5.97 Å². The number of aryl methyl sites for hydroxylation is 1. The van der Waals surface area contributed by atoms with Gasteiger partial charge >= 0.3 is 5.97 Å². The van der Waals surface area contributed by atoms with E-state index in [1.165, 1.54) is 0 Å². The number of carboxylic acid groups (broad SMARTS) is 1. The highest BCUT2D eigenvalue weighted by atomic mass is 16.7. The Labute approximate surface area is 110 Å². The van der Waals surface area contributed by atoms with E-state index in [-0.39, 0.29) is 6.61 Å². The molecule has 0 amide bonds. The van der Waals surface area contributed by atoms with Crippen LogP contribution >= 0.6 is 0 Å². The van der Waals surface area contributed by atoms with E-state index >= 15 is 0 Å². The summed E-state index contributed by atoms with van der Waals surface area (Å²) < 4.78 is 1.59. The smallest absolute Gasteiger partial charge is 0.344 e. The van der Waals surface area contributed by atoms with Crippen LogP contribution in [-0.2, 0) is 17.6 Å². The molecule has 0 fully saturated rings. The van der Waals surface area contributed by atoms with Gasteiger partial charge in [-0.2, -0.15) is 4.73 Å². The quantitative estimate of drug-likeness (QED) is 0.903. The molecule has 0 radical (unpaired) electrons. The first-order valence-electron chi connectivity index (χ1n) is 6.26. The van der Waals surface area contributed by atoms with Crippen LogP contribution in [0.1, 0.15) is 17.8 Å². The van der Waals surface area contributed by atoms with Gasteiger partial charge in [0.1, 0.15) is 0 Å². The molecule has 0 saturated carbocycles. The van der Waals surface area contributed by atoms with Crippen LogP contribution in [0.3, 0.4) is 0 Å². The van der Waals surface area contributed by atoms with Crippen molar-refractivity contribution in [2.75, 3.05) is 6.61 Å². The van der Waals surface area contributed by atoms with Crippen molar-refractivity contribution in [1.82, 2.24) is 9.71 Å². The zero-order valence-corrected chi connectivity index (χ0v) is 10.4. The first-order valence-corrected chi connectivity index (χ1v) is 6.26. The molecule has 0 unspecified atom stereocenters.